The number of hydrogen-bond acceptors (Lipinski definition) is 4. The van der Waals surface area contributed by atoms with E-state index in [-0.39, 0.29) is 17.3 Å². The van der Waals surface area contributed by atoms with Crippen LogP contribution in [0, 0.1) is 5.92 Å². The number of urea groups is 1. The molecule has 2 atom stereocenters. The second-order valence-corrected chi connectivity index (χ2v) is 6.62. The smallest absolute Gasteiger partial charge is 0.378 e. The molecule has 1 aliphatic carbocycles. The number of hydrogen-bond donors (Lipinski definition) is 2. The number of thiazole rings is 1. The van der Waals surface area contributed by atoms with Gasteiger partial charge in [-0.1, -0.05) is 11.3 Å². The topological polar surface area (TPSA) is 63.2 Å². The largest absolute Gasteiger partial charge is 0.427 e. The predicted octanol–water partition coefficient (Wildman–Crippen LogP) is 3.24. The number of carbonyl (C=O) groups excluding carboxylic acids is 1. The van der Waals surface area contributed by atoms with Crippen molar-refractivity contribution in [1.29, 1.82) is 0 Å². The highest BCUT2D eigenvalue weighted by molar-refractivity contribution is 7.15. The number of rotatable bonds is 3. The van der Waals surface area contributed by atoms with Crippen molar-refractivity contribution in [3.63, 3.8) is 0 Å². The summed E-state index contributed by atoms with van der Waals surface area (Å²) in [6.07, 6.45) is 0.276. The first-order valence-corrected chi connectivity index (χ1v) is 7.95. The maximum Gasteiger partial charge on any atom is 0.427 e. The molecule has 2 aliphatic rings. The normalized spacial score (nSPS) is 25.8. The van der Waals surface area contributed by atoms with E-state index in [1.807, 2.05) is 0 Å². The van der Waals surface area contributed by atoms with Crippen molar-refractivity contribution in [2.75, 3.05) is 11.9 Å². The van der Waals surface area contributed by atoms with E-state index in [9.17, 15) is 18.0 Å². The Bertz CT molecular complexity index is 545. The van der Waals surface area contributed by atoms with Crippen molar-refractivity contribution in [3.8, 4) is 0 Å². The third-order valence-electron chi connectivity index (χ3n) is 3.80. The maximum absolute atomic E-state index is 12.5. The molecule has 0 unspecified atom stereocenters. The molecule has 1 saturated heterocycles. The lowest BCUT2D eigenvalue weighted by molar-refractivity contribution is -0.134. The summed E-state index contributed by atoms with van der Waals surface area (Å²) < 4.78 is 43.1. The number of carbonyl (C=O) groups is 1. The third-order valence-corrected chi connectivity index (χ3v) is 4.76. The molecule has 9 heteroatoms. The second-order valence-electron chi connectivity index (χ2n) is 5.59. The van der Waals surface area contributed by atoms with E-state index >= 15 is 0 Å². The van der Waals surface area contributed by atoms with Crippen molar-refractivity contribution < 1.29 is 22.7 Å². The van der Waals surface area contributed by atoms with Gasteiger partial charge in [-0.2, -0.15) is 13.2 Å². The van der Waals surface area contributed by atoms with Gasteiger partial charge in [0.1, 0.15) is 4.88 Å². The molecule has 2 heterocycles. The molecule has 2 fully saturated rings. The van der Waals surface area contributed by atoms with E-state index in [0.29, 0.717) is 30.3 Å². The number of nitrogens with zero attached hydrogens (tertiary/aromatic N) is 1. The Hall–Kier alpha value is -1.35. The van der Waals surface area contributed by atoms with Gasteiger partial charge in [0.25, 0.3) is 0 Å². The average Bonchev–Trinajstić information content (AvgIpc) is 3.18. The standard InChI is InChI=1S/C13H16F3N3O2S/c14-13(15,16)10-6-17-12(22-10)19-11(20)18-8-3-4-21-9(5-8)7-1-2-7/h6-9H,1-5H2,(H2,17,18,19,20)/t8-,9-/m0/s1. The fourth-order valence-corrected chi connectivity index (χ4v) is 3.22. The van der Waals surface area contributed by atoms with Crippen LogP contribution in [-0.2, 0) is 10.9 Å². The Morgan fingerprint density at radius 2 is 2.14 bits per heavy atom. The van der Waals surface area contributed by atoms with Gasteiger partial charge in [0, 0.05) is 12.6 Å². The van der Waals surface area contributed by atoms with Crippen molar-refractivity contribution in [2.45, 2.75) is 44.0 Å². The Morgan fingerprint density at radius 1 is 1.36 bits per heavy atom. The molecule has 1 aliphatic heterocycles. The van der Waals surface area contributed by atoms with E-state index in [0.717, 1.165) is 12.6 Å². The number of ether oxygens (including phenoxy) is 1. The van der Waals surface area contributed by atoms with E-state index in [1.54, 1.807) is 0 Å². The van der Waals surface area contributed by atoms with Gasteiger partial charge in [0.15, 0.2) is 5.13 Å². The average molecular weight is 335 g/mol. The summed E-state index contributed by atoms with van der Waals surface area (Å²) in [6.45, 7) is 0.599. The van der Waals surface area contributed by atoms with Crippen LogP contribution in [0.15, 0.2) is 6.20 Å². The molecule has 1 aromatic rings. The minimum Gasteiger partial charge on any atom is -0.378 e. The van der Waals surface area contributed by atoms with Crippen LogP contribution in [0.5, 0.6) is 0 Å². The van der Waals surface area contributed by atoms with Gasteiger partial charge in [-0.25, -0.2) is 9.78 Å². The molecule has 0 aromatic carbocycles. The molecular formula is C13H16F3N3O2S. The molecule has 1 saturated carbocycles. The Balaban J connectivity index is 1.50. The Labute approximate surface area is 129 Å². The fourth-order valence-electron chi connectivity index (χ4n) is 2.54. The summed E-state index contributed by atoms with van der Waals surface area (Å²) in [5.74, 6) is 0.598. The summed E-state index contributed by atoms with van der Waals surface area (Å²) in [6, 6.07) is -0.536. The molecule has 5 nitrogen and oxygen atoms in total. The predicted molar refractivity (Wildman–Crippen MR) is 74.8 cm³/mol. The van der Waals surface area contributed by atoms with Gasteiger partial charge in [0.2, 0.25) is 0 Å². The van der Waals surface area contributed by atoms with Gasteiger partial charge in [-0.15, -0.1) is 0 Å². The van der Waals surface area contributed by atoms with Crippen LogP contribution in [0.25, 0.3) is 0 Å². The van der Waals surface area contributed by atoms with Crippen LogP contribution >= 0.6 is 11.3 Å². The lowest BCUT2D eigenvalue weighted by Gasteiger charge is -2.30. The molecule has 0 bridgehead atoms. The van der Waals surface area contributed by atoms with Gasteiger partial charge < -0.3 is 10.1 Å². The van der Waals surface area contributed by atoms with Crippen LogP contribution in [0.3, 0.4) is 0 Å². The molecule has 2 amide bonds. The SMILES string of the molecule is O=C(Nc1ncc(C(F)(F)F)s1)N[C@H]1CCO[C@H](C2CC2)C1. The number of nitrogens with one attached hydrogen (secondary N) is 2. The van der Waals surface area contributed by atoms with Crippen LogP contribution in [0.1, 0.15) is 30.6 Å². The highest BCUT2D eigenvalue weighted by atomic mass is 32.1. The summed E-state index contributed by atoms with van der Waals surface area (Å²) in [5, 5.41) is 5.08. The highest BCUT2D eigenvalue weighted by Gasteiger charge is 2.36. The van der Waals surface area contributed by atoms with Gasteiger partial charge in [-0.05, 0) is 31.6 Å². The fraction of sp³-hybridized carbons (Fsp3) is 0.692. The molecule has 0 spiro atoms. The minimum absolute atomic E-state index is 0.0126. The molecule has 3 rings (SSSR count). The molecule has 122 valence electrons. The van der Waals surface area contributed by atoms with E-state index in [2.05, 4.69) is 15.6 Å². The zero-order chi connectivity index (χ0) is 15.7. The number of anilines is 1. The number of alkyl halides is 3. The first kappa shape index (κ1) is 15.5. The van der Waals surface area contributed by atoms with E-state index in [1.165, 1.54) is 12.8 Å². The zero-order valence-electron chi connectivity index (χ0n) is 11.7. The van der Waals surface area contributed by atoms with Crippen LogP contribution in [0.4, 0.5) is 23.1 Å². The molecule has 1 aromatic heterocycles. The van der Waals surface area contributed by atoms with Gasteiger partial charge in [-0.3, -0.25) is 5.32 Å². The van der Waals surface area contributed by atoms with E-state index < -0.39 is 17.1 Å². The van der Waals surface area contributed by atoms with Crippen molar-refractivity contribution in [2.24, 2.45) is 5.92 Å². The lowest BCUT2D eigenvalue weighted by Crippen LogP contribution is -2.44. The quantitative estimate of drug-likeness (QED) is 0.891. The van der Waals surface area contributed by atoms with Crippen LogP contribution in [-0.4, -0.2) is 29.8 Å². The summed E-state index contributed by atoms with van der Waals surface area (Å²) in [7, 11) is 0. The zero-order valence-corrected chi connectivity index (χ0v) is 12.5. The first-order chi connectivity index (χ1) is 10.4. The van der Waals surface area contributed by atoms with E-state index in [4.69, 9.17) is 4.74 Å². The second kappa shape index (κ2) is 6.04. The molecule has 22 heavy (non-hydrogen) atoms. The van der Waals surface area contributed by atoms with Gasteiger partial charge in [0.05, 0.1) is 12.3 Å². The Morgan fingerprint density at radius 3 is 2.77 bits per heavy atom. The summed E-state index contributed by atoms with van der Waals surface area (Å²) in [5.41, 5.74) is 0. The third kappa shape index (κ3) is 3.89. The molecule has 2 N–H and O–H groups in total. The van der Waals surface area contributed by atoms with Crippen LogP contribution < -0.4 is 10.6 Å². The van der Waals surface area contributed by atoms with Crippen LogP contribution in [0.2, 0.25) is 0 Å². The lowest BCUT2D eigenvalue weighted by atomic mass is 10.0. The van der Waals surface area contributed by atoms with Gasteiger partial charge >= 0.3 is 12.2 Å². The van der Waals surface area contributed by atoms with Crippen molar-refractivity contribution in [1.82, 2.24) is 10.3 Å². The van der Waals surface area contributed by atoms with Crippen molar-refractivity contribution >= 4 is 22.5 Å². The summed E-state index contributed by atoms with van der Waals surface area (Å²) >= 11 is 0.413. The highest BCUT2D eigenvalue weighted by Crippen LogP contribution is 2.38. The minimum atomic E-state index is -4.44. The summed E-state index contributed by atoms with van der Waals surface area (Å²) in [4.78, 5) is 14.6. The number of amides is 2. The van der Waals surface area contributed by atoms with Crippen molar-refractivity contribution in [3.05, 3.63) is 11.1 Å². The Kier molecular flexibility index (Phi) is 4.26. The number of halogens is 3. The monoisotopic (exact) mass is 335 g/mol. The number of aromatic nitrogens is 1. The molecule has 0 radical (unpaired) electrons. The molecular weight excluding hydrogens is 319 g/mol. The maximum atomic E-state index is 12.5. The first-order valence-electron chi connectivity index (χ1n) is 7.14.